The number of oxazole rings is 1. The molecule has 0 spiro atoms. The highest BCUT2D eigenvalue weighted by Gasteiger charge is 2.32. The lowest BCUT2D eigenvalue weighted by Gasteiger charge is -2.22. The predicted molar refractivity (Wildman–Crippen MR) is 78.3 cm³/mol. The van der Waals surface area contributed by atoms with E-state index in [-0.39, 0.29) is 24.1 Å². The average molecular weight is 300 g/mol. The smallest absolute Gasteiger partial charge is 0.305 e. The topological polar surface area (TPSA) is 83.6 Å². The van der Waals surface area contributed by atoms with Gasteiger partial charge < -0.3 is 14.4 Å². The molecule has 1 aliphatic rings. The number of carbonyl (C=O) groups is 2. The zero-order valence-electron chi connectivity index (χ0n) is 11.9. The molecule has 1 atom stereocenters. The summed E-state index contributed by atoms with van der Waals surface area (Å²) >= 11 is 0. The van der Waals surface area contributed by atoms with Crippen molar-refractivity contribution in [2.75, 3.05) is 6.54 Å². The first kappa shape index (κ1) is 14.3. The molecule has 1 amide bonds. The molecule has 0 saturated carbocycles. The SMILES string of the molecule is O=C(O)CC1CCCN1C(=O)c1coc(-c2ccccc2)n1. The molecular weight excluding hydrogens is 284 g/mol. The molecule has 2 aromatic rings. The number of carbonyl (C=O) groups excluding carboxylic acids is 1. The van der Waals surface area contributed by atoms with E-state index in [0.29, 0.717) is 18.9 Å². The number of aromatic nitrogens is 1. The largest absolute Gasteiger partial charge is 0.481 e. The van der Waals surface area contributed by atoms with E-state index in [2.05, 4.69) is 4.98 Å². The Labute approximate surface area is 127 Å². The van der Waals surface area contributed by atoms with Crippen molar-refractivity contribution in [2.45, 2.75) is 25.3 Å². The van der Waals surface area contributed by atoms with Crippen LogP contribution in [-0.2, 0) is 4.79 Å². The van der Waals surface area contributed by atoms with Gasteiger partial charge in [0.15, 0.2) is 5.69 Å². The van der Waals surface area contributed by atoms with Crippen LogP contribution in [0.1, 0.15) is 29.8 Å². The number of rotatable bonds is 4. The van der Waals surface area contributed by atoms with Gasteiger partial charge in [0.05, 0.1) is 6.42 Å². The van der Waals surface area contributed by atoms with Gasteiger partial charge in [0.2, 0.25) is 5.89 Å². The summed E-state index contributed by atoms with van der Waals surface area (Å²) in [4.78, 5) is 29.2. The third-order valence-corrected chi connectivity index (χ3v) is 3.79. The van der Waals surface area contributed by atoms with Gasteiger partial charge in [0, 0.05) is 18.2 Å². The maximum atomic E-state index is 12.5. The van der Waals surface area contributed by atoms with Gasteiger partial charge >= 0.3 is 5.97 Å². The van der Waals surface area contributed by atoms with E-state index in [1.807, 2.05) is 30.3 Å². The van der Waals surface area contributed by atoms with E-state index >= 15 is 0 Å². The van der Waals surface area contributed by atoms with Crippen LogP contribution in [0.2, 0.25) is 0 Å². The van der Waals surface area contributed by atoms with Crippen LogP contribution in [0.25, 0.3) is 11.5 Å². The number of likely N-dealkylation sites (tertiary alicyclic amines) is 1. The van der Waals surface area contributed by atoms with Crippen LogP contribution < -0.4 is 0 Å². The van der Waals surface area contributed by atoms with Crippen molar-refractivity contribution in [1.29, 1.82) is 0 Å². The molecule has 1 aliphatic heterocycles. The highest BCUT2D eigenvalue weighted by Crippen LogP contribution is 2.24. The van der Waals surface area contributed by atoms with Crippen LogP contribution in [0.5, 0.6) is 0 Å². The van der Waals surface area contributed by atoms with Crippen LogP contribution >= 0.6 is 0 Å². The lowest BCUT2D eigenvalue weighted by atomic mass is 10.1. The summed E-state index contributed by atoms with van der Waals surface area (Å²) in [5.74, 6) is -0.776. The fraction of sp³-hybridized carbons (Fsp3) is 0.312. The van der Waals surface area contributed by atoms with Crippen molar-refractivity contribution in [3.8, 4) is 11.5 Å². The molecule has 6 nitrogen and oxygen atoms in total. The van der Waals surface area contributed by atoms with Gasteiger partial charge in [0.25, 0.3) is 5.91 Å². The monoisotopic (exact) mass is 300 g/mol. The molecule has 0 aliphatic carbocycles. The van der Waals surface area contributed by atoms with E-state index in [4.69, 9.17) is 9.52 Å². The third kappa shape index (κ3) is 2.86. The Bertz CT molecular complexity index is 680. The molecule has 0 radical (unpaired) electrons. The maximum Gasteiger partial charge on any atom is 0.305 e. The van der Waals surface area contributed by atoms with Crippen LogP contribution in [0.15, 0.2) is 41.0 Å². The molecular formula is C16H16N2O4. The molecule has 0 bridgehead atoms. The molecule has 114 valence electrons. The van der Waals surface area contributed by atoms with Gasteiger partial charge in [-0.2, -0.15) is 0 Å². The molecule has 22 heavy (non-hydrogen) atoms. The summed E-state index contributed by atoms with van der Waals surface area (Å²) in [6.45, 7) is 0.560. The van der Waals surface area contributed by atoms with E-state index in [0.717, 1.165) is 12.0 Å². The Morgan fingerprint density at radius 1 is 1.32 bits per heavy atom. The second-order valence-electron chi connectivity index (χ2n) is 5.30. The Kier molecular flexibility index (Phi) is 3.91. The number of nitrogens with zero attached hydrogens (tertiary/aromatic N) is 2. The molecule has 2 heterocycles. The average Bonchev–Trinajstić information content (AvgIpc) is 3.16. The second kappa shape index (κ2) is 6.01. The minimum absolute atomic E-state index is 0.0326. The minimum Gasteiger partial charge on any atom is -0.481 e. The Hall–Kier alpha value is -2.63. The van der Waals surface area contributed by atoms with Gasteiger partial charge in [0.1, 0.15) is 6.26 Å². The fourth-order valence-corrected chi connectivity index (χ4v) is 2.75. The molecule has 1 aromatic carbocycles. The van der Waals surface area contributed by atoms with Crippen molar-refractivity contribution < 1.29 is 19.1 Å². The van der Waals surface area contributed by atoms with E-state index < -0.39 is 5.97 Å². The quantitative estimate of drug-likeness (QED) is 0.937. The molecule has 1 unspecified atom stereocenters. The zero-order chi connectivity index (χ0) is 15.5. The van der Waals surface area contributed by atoms with Gasteiger partial charge in [-0.05, 0) is 25.0 Å². The summed E-state index contributed by atoms with van der Waals surface area (Å²) in [6.07, 6.45) is 2.82. The van der Waals surface area contributed by atoms with E-state index in [1.54, 1.807) is 4.90 Å². The minimum atomic E-state index is -0.894. The molecule has 1 fully saturated rings. The van der Waals surface area contributed by atoms with Crippen molar-refractivity contribution >= 4 is 11.9 Å². The predicted octanol–water partition coefficient (Wildman–Crippen LogP) is 2.42. The summed E-state index contributed by atoms with van der Waals surface area (Å²) in [5, 5.41) is 8.92. The van der Waals surface area contributed by atoms with Gasteiger partial charge in [-0.3, -0.25) is 9.59 Å². The van der Waals surface area contributed by atoms with E-state index in [9.17, 15) is 9.59 Å². The van der Waals surface area contributed by atoms with Crippen LogP contribution in [-0.4, -0.2) is 39.5 Å². The number of benzene rings is 1. The second-order valence-corrected chi connectivity index (χ2v) is 5.30. The van der Waals surface area contributed by atoms with Crippen molar-refractivity contribution in [2.24, 2.45) is 0 Å². The van der Waals surface area contributed by atoms with Crippen LogP contribution in [0.4, 0.5) is 0 Å². The fourth-order valence-electron chi connectivity index (χ4n) is 2.75. The van der Waals surface area contributed by atoms with Gasteiger partial charge in [-0.15, -0.1) is 0 Å². The lowest BCUT2D eigenvalue weighted by molar-refractivity contribution is -0.137. The number of hydrogen-bond donors (Lipinski definition) is 1. The number of aliphatic carboxylic acids is 1. The van der Waals surface area contributed by atoms with Gasteiger partial charge in [-0.1, -0.05) is 18.2 Å². The number of hydrogen-bond acceptors (Lipinski definition) is 4. The van der Waals surface area contributed by atoms with Crippen LogP contribution in [0, 0.1) is 0 Å². The summed E-state index contributed by atoms with van der Waals surface area (Å²) < 4.78 is 5.37. The summed E-state index contributed by atoms with van der Waals surface area (Å²) in [7, 11) is 0. The number of carboxylic acids is 1. The molecule has 1 aromatic heterocycles. The maximum absolute atomic E-state index is 12.5. The number of carboxylic acid groups (broad SMARTS) is 1. The van der Waals surface area contributed by atoms with Gasteiger partial charge in [-0.25, -0.2) is 4.98 Å². The summed E-state index contributed by atoms with van der Waals surface area (Å²) in [6, 6.07) is 9.06. The Balaban J connectivity index is 1.78. The molecule has 1 N–H and O–H groups in total. The van der Waals surface area contributed by atoms with E-state index in [1.165, 1.54) is 6.26 Å². The molecule has 1 saturated heterocycles. The third-order valence-electron chi connectivity index (χ3n) is 3.79. The zero-order valence-corrected chi connectivity index (χ0v) is 11.9. The van der Waals surface area contributed by atoms with Crippen molar-refractivity contribution in [3.63, 3.8) is 0 Å². The lowest BCUT2D eigenvalue weighted by Crippen LogP contribution is -2.37. The number of amides is 1. The molecule has 3 rings (SSSR count). The Morgan fingerprint density at radius 3 is 2.82 bits per heavy atom. The van der Waals surface area contributed by atoms with Crippen LogP contribution in [0.3, 0.4) is 0 Å². The highest BCUT2D eigenvalue weighted by atomic mass is 16.4. The first-order chi connectivity index (χ1) is 10.6. The Morgan fingerprint density at radius 2 is 2.09 bits per heavy atom. The molecule has 6 heteroatoms. The normalized spacial score (nSPS) is 17.6. The summed E-state index contributed by atoms with van der Waals surface area (Å²) in [5.41, 5.74) is 1.01. The standard InChI is InChI=1S/C16H16N2O4/c19-14(20)9-12-7-4-8-18(12)16(21)13-10-22-15(17-13)11-5-2-1-3-6-11/h1-3,5-6,10,12H,4,7-9H2,(H,19,20). The van der Waals surface area contributed by atoms with Crippen molar-refractivity contribution in [3.05, 3.63) is 42.3 Å². The van der Waals surface area contributed by atoms with Crippen molar-refractivity contribution in [1.82, 2.24) is 9.88 Å². The highest BCUT2D eigenvalue weighted by molar-refractivity contribution is 5.93. The first-order valence-electron chi connectivity index (χ1n) is 7.19. The first-order valence-corrected chi connectivity index (χ1v) is 7.19.